The molecule has 0 spiro atoms. The van der Waals surface area contributed by atoms with Crippen molar-refractivity contribution >= 4 is 29.0 Å². The van der Waals surface area contributed by atoms with Gasteiger partial charge in [0.15, 0.2) is 17.3 Å². The highest BCUT2D eigenvalue weighted by Crippen LogP contribution is 2.31. The minimum atomic E-state index is -0.126. The zero-order valence-corrected chi connectivity index (χ0v) is 24.0. The van der Waals surface area contributed by atoms with Crippen LogP contribution < -0.4 is 14.4 Å². The van der Waals surface area contributed by atoms with Gasteiger partial charge in [-0.05, 0) is 53.8 Å². The molecule has 10 heteroatoms. The van der Waals surface area contributed by atoms with Gasteiger partial charge in [0, 0.05) is 38.3 Å². The third-order valence-electron chi connectivity index (χ3n) is 7.06. The van der Waals surface area contributed by atoms with Crippen molar-refractivity contribution in [2.45, 2.75) is 13.0 Å². The molecular weight excluding hydrogens is 538 g/mol. The maximum absolute atomic E-state index is 13.4. The number of anilines is 1. The Balaban J connectivity index is 1.23. The second-order valence-corrected chi connectivity index (χ2v) is 10.6. The molecule has 212 valence electrons. The molecule has 4 aromatic rings. The van der Waals surface area contributed by atoms with Crippen LogP contribution in [-0.4, -0.2) is 78.8 Å². The van der Waals surface area contributed by atoms with Gasteiger partial charge in [-0.2, -0.15) is 0 Å². The number of aromatic nitrogens is 2. The molecule has 1 aliphatic rings. The summed E-state index contributed by atoms with van der Waals surface area (Å²) in [6.07, 6.45) is 0.794. The lowest BCUT2D eigenvalue weighted by molar-refractivity contribution is -0.131. The fourth-order valence-electron chi connectivity index (χ4n) is 4.86. The summed E-state index contributed by atoms with van der Waals surface area (Å²) in [6.45, 7) is 2.98. The number of hydrogen-bond donors (Lipinski definition) is 0. The third kappa shape index (κ3) is 6.83. The Morgan fingerprint density at radius 1 is 0.878 bits per heavy atom. The van der Waals surface area contributed by atoms with Gasteiger partial charge >= 0.3 is 0 Å². The van der Waals surface area contributed by atoms with E-state index in [1.54, 1.807) is 25.2 Å². The monoisotopic (exact) mass is 571 g/mol. The van der Waals surface area contributed by atoms with Crippen LogP contribution in [0.15, 0.2) is 78.2 Å². The first-order valence-corrected chi connectivity index (χ1v) is 14.4. The van der Waals surface area contributed by atoms with Crippen LogP contribution in [0.5, 0.6) is 11.5 Å². The quantitative estimate of drug-likeness (QED) is 0.290. The van der Waals surface area contributed by atoms with Gasteiger partial charge in [-0.1, -0.05) is 36.4 Å². The summed E-state index contributed by atoms with van der Waals surface area (Å²) < 4.78 is 10.7. The fraction of sp³-hybridized carbons (Fsp3) is 0.290. The molecule has 41 heavy (non-hydrogen) atoms. The van der Waals surface area contributed by atoms with Gasteiger partial charge in [-0.25, -0.2) is 0 Å². The molecule has 0 atom stereocenters. The van der Waals surface area contributed by atoms with Crippen LogP contribution in [0.4, 0.5) is 5.82 Å². The predicted octanol–water partition coefficient (Wildman–Crippen LogP) is 4.60. The molecule has 0 saturated carbocycles. The molecule has 1 fully saturated rings. The summed E-state index contributed by atoms with van der Waals surface area (Å²) in [5, 5.41) is 10.8. The number of amides is 2. The second-order valence-electron chi connectivity index (χ2n) is 9.69. The molecular formula is C31H33N5O4S. The van der Waals surface area contributed by atoms with Crippen LogP contribution in [-0.2, 0) is 11.3 Å². The van der Waals surface area contributed by atoms with Crippen LogP contribution in [0.2, 0.25) is 0 Å². The smallest absolute Gasteiger partial charge is 0.264 e. The SMILES string of the molecule is COc1ccc(-c2ccc(N3CCCN(C(=O)CN(Cc4ccccc4)C(=O)c4cccs4)CC3)nn2)cc1OC. The molecule has 0 radical (unpaired) electrons. The maximum atomic E-state index is 13.4. The number of thiophene rings is 1. The summed E-state index contributed by atoms with van der Waals surface area (Å²) in [4.78, 5) is 33.0. The van der Waals surface area contributed by atoms with Crippen LogP contribution in [0, 0.1) is 0 Å². The lowest BCUT2D eigenvalue weighted by atomic mass is 10.1. The fourth-order valence-corrected chi connectivity index (χ4v) is 5.55. The average Bonchev–Trinajstić information content (AvgIpc) is 3.45. The van der Waals surface area contributed by atoms with Gasteiger partial charge in [0.25, 0.3) is 5.91 Å². The number of carbonyl (C=O) groups is 2. The van der Waals surface area contributed by atoms with E-state index in [-0.39, 0.29) is 18.4 Å². The lowest BCUT2D eigenvalue weighted by Gasteiger charge is -2.27. The van der Waals surface area contributed by atoms with Gasteiger partial charge in [0.1, 0.15) is 6.54 Å². The van der Waals surface area contributed by atoms with Crippen molar-refractivity contribution in [1.82, 2.24) is 20.0 Å². The van der Waals surface area contributed by atoms with Crippen LogP contribution in [0.25, 0.3) is 11.3 Å². The minimum absolute atomic E-state index is 0.0332. The van der Waals surface area contributed by atoms with E-state index in [1.807, 2.05) is 77.0 Å². The van der Waals surface area contributed by atoms with Crippen molar-refractivity contribution in [3.8, 4) is 22.8 Å². The van der Waals surface area contributed by atoms with E-state index in [4.69, 9.17) is 9.47 Å². The number of carbonyl (C=O) groups excluding carboxylic acids is 2. The molecule has 9 nitrogen and oxygen atoms in total. The molecule has 1 aliphatic heterocycles. The number of hydrogen-bond acceptors (Lipinski definition) is 8. The largest absolute Gasteiger partial charge is 0.493 e. The Labute approximate surface area is 243 Å². The highest BCUT2D eigenvalue weighted by Gasteiger charge is 2.25. The Morgan fingerprint density at radius 2 is 1.71 bits per heavy atom. The number of nitrogens with zero attached hydrogens (tertiary/aromatic N) is 5. The standard InChI is InChI=1S/C31H33N5O4S/c1-39-26-13-11-24(20-27(26)40-2)25-12-14-29(33-32-25)34-15-7-16-35(18-17-34)30(37)22-36(21-23-8-4-3-5-9-23)31(38)28-10-6-19-41-28/h3-6,8-14,19-20H,7,15-18,21-22H2,1-2H3. The van der Waals surface area contributed by atoms with Crippen molar-refractivity contribution in [1.29, 1.82) is 0 Å². The first kappa shape index (κ1) is 28.1. The van der Waals surface area contributed by atoms with Gasteiger partial charge in [-0.3, -0.25) is 9.59 Å². The third-order valence-corrected chi connectivity index (χ3v) is 7.92. The molecule has 3 heterocycles. The van der Waals surface area contributed by atoms with Crippen LogP contribution >= 0.6 is 11.3 Å². The molecule has 2 aromatic carbocycles. The normalized spacial score (nSPS) is 13.4. The van der Waals surface area contributed by atoms with Gasteiger partial charge in [-0.15, -0.1) is 21.5 Å². The van der Waals surface area contributed by atoms with E-state index >= 15 is 0 Å². The number of ether oxygens (including phenoxy) is 2. The Bertz CT molecular complexity index is 1450. The van der Waals surface area contributed by atoms with Crippen molar-refractivity contribution < 1.29 is 19.1 Å². The molecule has 0 aliphatic carbocycles. The molecule has 2 amide bonds. The predicted molar refractivity (Wildman–Crippen MR) is 159 cm³/mol. The zero-order chi connectivity index (χ0) is 28.6. The summed E-state index contributed by atoms with van der Waals surface area (Å²) in [5.74, 6) is 1.87. The van der Waals surface area contributed by atoms with Gasteiger partial charge in [0.2, 0.25) is 5.91 Å². The van der Waals surface area contributed by atoms with Crippen molar-refractivity contribution in [3.63, 3.8) is 0 Å². The summed E-state index contributed by atoms with van der Waals surface area (Å²) >= 11 is 1.39. The number of rotatable bonds is 9. The van der Waals surface area contributed by atoms with E-state index in [0.717, 1.165) is 35.6 Å². The molecule has 5 rings (SSSR count). The highest BCUT2D eigenvalue weighted by atomic mass is 32.1. The first-order chi connectivity index (χ1) is 20.1. The van der Waals surface area contributed by atoms with Crippen LogP contribution in [0.1, 0.15) is 21.7 Å². The van der Waals surface area contributed by atoms with Gasteiger partial charge in [0.05, 0.1) is 24.8 Å². The lowest BCUT2D eigenvalue weighted by Crippen LogP contribution is -2.43. The minimum Gasteiger partial charge on any atom is -0.493 e. The molecule has 0 bridgehead atoms. The van der Waals surface area contributed by atoms with E-state index in [2.05, 4.69) is 15.1 Å². The molecule has 0 unspecified atom stereocenters. The van der Waals surface area contributed by atoms with E-state index < -0.39 is 0 Å². The second kappa shape index (κ2) is 13.3. The van der Waals surface area contributed by atoms with Crippen molar-refractivity contribution in [3.05, 3.63) is 88.6 Å². The Hall–Kier alpha value is -4.44. The van der Waals surface area contributed by atoms with E-state index in [1.165, 1.54) is 11.3 Å². The molecule has 1 saturated heterocycles. The van der Waals surface area contributed by atoms with Crippen molar-refractivity contribution in [2.24, 2.45) is 0 Å². The number of methoxy groups -OCH3 is 2. The number of benzene rings is 2. The topological polar surface area (TPSA) is 88.1 Å². The molecule has 0 N–H and O–H groups in total. The Morgan fingerprint density at radius 3 is 2.41 bits per heavy atom. The Kier molecular flexibility index (Phi) is 9.10. The zero-order valence-electron chi connectivity index (χ0n) is 23.2. The van der Waals surface area contributed by atoms with Crippen LogP contribution in [0.3, 0.4) is 0 Å². The summed E-state index contributed by atoms with van der Waals surface area (Å²) in [5.41, 5.74) is 2.60. The van der Waals surface area contributed by atoms with Crippen molar-refractivity contribution in [2.75, 3.05) is 51.8 Å². The average molecular weight is 572 g/mol. The maximum Gasteiger partial charge on any atom is 0.264 e. The first-order valence-electron chi connectivity index (χ1n) is 13.5. The highest BCUT2D eigenvalue weighted by molar-refractivity contribution is 7.12. The summed E-state index contributed by atoms with van der Waals surface area (Å²) in [7, 11) is 3.21. The van der Waals surface area contributed by atoms with Gasteiger partial charge < -0.3 is 24.2 Å². The summed E-state index contributed by atoms with van der Waals surface area (Å²) in [6, 6.07) is 23.0. The van der Waals surface area contributed by atoms with E-state index in [0.29, 0.717) is 42.6 Å². The van der Waals surface area contributed by atoms with E-state index in [9.17, 15) is 9.59 Å². The molecule has 2 aromatic heterocycles.